The molecule has 3 aromatic heterocycles. The Bertz CT molecular complexity index is 1230. The molecule has 4 rings (SSSR count). The van der Waals surface area contributed by atoms with E-state index in [0.717, 1.165) is 11.3 Å². The van der Waals surface area contributed by atoms with Gasteiger partial charge in [-0.3, -0.25) is 9.38 Å². The number of fused-ring (bicyclic) bond motifs is 1. The fourth-order valence-electron chi connectivity index (χ4n) is 3.03. The van der Waals surface area contributed by atoms with Crippen LogP contribution in [0.5, 0.6) is 0 Å². The zero-order valence-corrected chi connectivity index (χ0v) is 15.3. The van der Waals surface area contributed by atoms with Crippen LogP contribution in [0.1, 0.15) is 25.1 Å². The lowest BCUT2D eigenvalue weighted by Crippen LogP contribution is -2.18. The van der Waals surface area contributed by atoms with Gasteiger partial charge < -0.3 is 5.11 Å². The van der Waals surface area contributed by atoms with Crippen LogP contribution in [0.2, 0.25) is 0 Å². The van der Waals surface area contributed by atoms with E-state index in [1.807, 2.05) is 6.07 Å². The fourth-order valence-corrected chi connectivity index (χ4v) is 3.03. The van der Waals surface area contributed by atoms with Crippen molar-refractivity contribution in [3.8, 4) is 28.5 Å². The van der Waals surface area contributed by atoms with Crippen LogP contribution in [-0.4, -0.2) is 24.5 Å². The van der Waals surface area contributed by atoms with Gasteiger partial charge in [-0.05, 0) is 44.2 Å². The molecule has 0 aliphatic heterocycles. The lowest BCUT2D eigenvalue weighted by molar-refractivity contribution is 0.0739. The average molecular weight is 373 g/mol. The summed E-state index contributed by atoms with van der Waals surface area (Å²) in [5.41, 5.74) is 1.97. The number of aromatic nitrogens is 4. The topological polar surface area (TPSA) is 87.1 Å². The number of imidazole rings is 1. The Kier molecular flexibility index (Phi) is 4.13. The third-order valence-corrected chi connectivity index (χ3v) is 4.50. The molecule has 0 saturated carbocycles. The highest BCUT2D eigenvalue weighted by Crippen LogP contribution is 2.31. The second-order valence-corrected chi connectivity index (χ2v) is 6.91. The van der Waals surface area contributed by atoms with Gasteiger partial charge in [-0.25, -0.2) is 14.4 Å². The van der Waals surface area contributed by atoms with Crippen molar-refractivity contribution >= 4 is 5.78 Å². The van der Waals surface area contributed by atoms with Gasteiger partial charge in [-0.15, -0.1) is 0 Å². The van der Waals surface area contributed by atoms with E-state index >= 15 is 0 Å². The number of halogens is 1. The van der Waals surface area contributed by atoms with Gasteiger partial charge in [0.05, 0.1) is 23.1 Å². The number of hydrogen-bond donors (Lipinski definition) is 1. The molecule has 3 heterocycles. The second kappa shape index (κ2) is 6.51. The fraction of sp³-hybridized carbons (Fsp3) is 0.143. The van der Waals surface area contributed by atoms with E-state index in [0.29, 0.717) is 28.2 Å². The summed E-state index contributed by atoms with van der Waals surface area (Å²) in [7, 11) is 0. The molecule has 0 amide bonds. The lowest BCUT2D eigenvalue weighted by Gasteiger charge is -2.16. The van der Waals surface area contributed by atoms with Crippen molar-refractivity contribution in [3.05, 3.63) is 72.2 Å². The molecule has 0 bridgehead atoms. The Labute approximate surface area is 160 Å². The first-order chi connectivity index (χ1) is 13.4. The standard InChI is InChI=1S/C21H16FN5O/c1-21(2,28)19-6-8-27-18(12-25-20(27)26-19)13-3-4-17(22)16(9-13)15-5-7-24-11-14(15)10-23/h3-9,11-12,28H,1-2H3. The normalized spacial score (nSPS) is 11.5. The van der Waals surface area contributed by atoms with Crippen LogP contribution in [0.3, 0.4) is 0 Å². The molecule has 138 valence electrons. The number of hydrogen-bond acceptors (Lipinski definition) is 5. The van der Waals surface area contributed by atoms with Crippen LogP contribution < -0.4 is 0 Å². The van der Waals surface area contributed by atoms with E-state index < -0.39 is 11.4 Å². The zero-order chi connectivity index (χ0) is 19.9. The van der Waals surface area contributed by atoms with Crippen molar-refractivity contribution in [2.45, 2.75) is 19.4 Å². The van der Waals surface area contributed by atoms with Gasteiger partial charge in [0.15, 0.2) is 0 Å². The monoisotopic (exact) mass is 373 g/mol. The molecular formula is C21H16FN5O. The van der Waals surface area contributed by atoms with E-state index in [9.17, 15) is 14.8 Å². The van der Waals surface area contributed by atoms with Gasteiger partial charge in [-0.2, -0.15) is 5.26 Å². The summed E-state index contributed by atoms with van der Waals surface area (Å²) < 4.78 is 16.3. The molecule has 0 aliphatic rings. The quantitative estimate of drug-likeness (QED) is 0.592. The predicted molar refractivity (Wildman–Crippen MR) is 102 cm³/mol. The average Bonchev–Trinajstić information content (AvgIpc) is 3.11. The number of pyridine rings is 1. The maximum atomic E-state index is 14.5. The first-order valence-electron chi connectivity index (χ1n) is 8.60. The second-order valence-electron chi connectivity index (χ2n) is 6.91. The van der Waals surface area contributed by atoms with Gasteiger partial charge in [0.1, 0.15) is 17.5 Å². The van der Waals surface area contributed by atoms with Crippen molar-refractivity contribution in [1.29, 1.82) is 5.26 Å². The summed E-state index contributed by atoms with van der Waals surface area (Å²) in [6.07, 6.45) is 6.36. The first kappa shape index (κ1) is 17.8. The van der Waals surface area contributed by atoms with Gasteiger partial charge in [0.25, 0.3) is 0 Å². The van der Waals surface area contributed by atoms with E-state index in [2.05, 4.69) is 15.0 Å². The van der Waals surface area contributed by atoms with Crippen molar-refractivity contribution in [1.82, 2.24) is 19.4 Å². The molecule has 7 heteroatoms. The van der Waals surface area contributed by atoms with Crippen LogP contribution in [0.15, 0.2) is 55.1 Å². The van der Waals surface area contributed by atoms with Crippen LogP contribution in [0, 0.1) is 17.1 Å². The van der Waals surface area contributed by atoms with Crippen molar-refractivity contribution in [2.24, 2.45) is 0 Å². The summed E-state index contributed by atoms with van der Waals surface area (Å²) in [6.45, 7) is 3.31. The highest BCUT2D eigenvalue weighted by molar-refractivity contribution is 5.76. The highest BCUT2D eigenvalue weighted by Gasteiger charge is 2.19. The van der Waals surface area contributed by atoms with E-state index in [-0.39, 0.29) is 0 Å². The Balaban J connectivity index is 1.86. The van der Waals surface area contributed by atoms with Crippen LogP contribution in [0.4, 0.5) is 4.39 Å². The molecule has 0 saturated heterocycles. The summed E-state index contributed by atoms with van der Waals surface area (Å²) in [5.74, 6) is 0.00448. The summed E-state index contributed by atoms with van der Waals surface area (Å²) in [5, 5.41) is 19.4. The smallest absolute Gasteiger partial charge is 0.234 e. The minimum atomic E-state index is -1.08. The molecule has 0 radical (unpaired) electrons. The van der Waals surface area contributed by atoms with Crippen LogP contribution >= 0.6 is 0 Å². The Morgan fingerprint density at radius 3 is 2.71 bits per heavy atom. The minimum Gasteiger partial charge on any atom is -0.384 e. The molecule has 0 unspecified atom stereocenters. The number of rotatable bonds is 3. The van der Waals surface area contributed by atoms with Crippen LogP contribution in [0.25, 0.3) is 28.2 Å². The van der Waals surface area contributed by atoms with Gasteiger partial charge in [-0.1, -0.05) is 0 Å². The van der Waals surface area contributed by atoms with Crippen molar-refractivity contribution in [2.75, 3.05) is 0 Å². The van der Waals surface area contributed by atoms with Crippen LogP contribution in [-0.2, 0) is 5.60 Å². The summed E-state index contributed by atoms with van der Waals surface area (Å²) in [4.78, 5) is 12.6. The number of benzene rings is 1. The molecule has 28 heavy (non-hydrogen) atoms. The molecule has 1 aromatic carbocycles. The van der Waals surface area contributed by atoms with Gasteiger partial charge in [0.2, 0.25) is 5.78 Å². The molecule has 1 N–H and O–H groups in total. The summed E-state index contributed by atoms with van der Waals surface area (Å²) in [6, 6.07) is 10.1. The van der Waals surface area contributed by atoms with Gasteiger partial charge in [0, 0.05) is 35.3 Å². The summed E-state index contributed by atoms with van der Waals surface area (Å²) >= 11 is 0. The number of aliphatic hydroxyl groups is 1. The third-order valence-electron chi connectivity index (χ3n) is 4.50. The molecule has 0 fully saturated rings. The van der Waals surface area contributed by atoms with E-state index in [1.165, 1.54) is 18.5 Å². The minimum absolute atomic E-state index is 0.299. The number of nitrogens with zero attached hydrogens (tertiary/aromatic N) is 5. The predicted octanol–water partition coefficient (Wildman–Crippen LogP) is 3.70. The maximum absolute atomic E-state index is 14.5. The maximum Gasteiger partial charge on any atom is 0.234 e. The zero-order valence-electron chi connectivity index (χ0n) is 15.3. The Hall–Kier alpha value is -3.63. The lowest BCUT2D eigenvalue weighted by atomic mass is 9.99. The molecule has 0 spiro atoms. The largest absolute Gasteiger partial charge is 0.384 e. The van der Waals surface area contributed by atoms with E-state index in [4.69, 9.17) is 0 Å². The molecule has 0 aliphatic carbocycles. The molecule has 0 atom stereocenters. The molecule has 4 aromatic rings. The SMILES string of the molecule is CC(C)(O)c1ccn2c(-c3ccc(F)c(-c4ccncc4C#N)c3)cnc2n1. The van der Waals surface area contributed by atoms with E-state index in [1.54, 1.807) is 54.9 Å². The van der Waals surface area contributed by atoms with Crippen molar-refractivity contribution in [3.63, 3.8) is 0 Å². The first-order valence-corrected chi connectivity index (χ1v) is 8.60. The Morgan fingerprint density at radius 1 is 1.14 bits per heavy atom. The molecule has 6 nitrogen and oxygen atoms in total. The number of nitriles is 1. The third kappa shape index (κ3) is 3.00. The highest BCUT2D eigenvalue weighted by atomic mass is 19.1. The molecular weight excluding hydrogens is 357 g/mol. The Morgan fingerprint density at radius 2 is 1.96 bits per heavy atom. The van der Waals surface area contributed by atoms with Gasteiger partial charge >= 0.3 is 0 Å². The van der Waals surface area contributed by atoms with Crippen molar-refractivity contribution < 1.29 is 9.50 Å².